The van der Waals surface area contributed by atoms with Crippen molar-refractivity contribution in [1.82, 2.24) is 0 Å². The number of phenolic OH excluding ortho intramolecular Hbond substituents is 1. The highest BCUT2D eigenvalue weighted by molar-refractivity contribution is 5.74. The van der Waals surface area contributed by atoms with Crippen LogP contribution in [-0.4, -0.2) is 29.4 Å². The number of benzene rings is 1. The molecule has 0 saturated heterocycles. The van der Waals surface area contributed by atoms with Gasteiger partial charge in [-0.3, -0.25) is 4.79 Å². The fraction of sp³-hybridized carbons (Fsp3) is 0.462. The van der Waals surface area contributed by atoms with Crippen molar-refractivity contribution < 1.29 is 28.9 Å². The Bertz CT molecular complexity index is 524. The van der Waals surface area contributed by atoms with Crippen molar-refractivity contribution in [3.8, 4) is 17.2 Å². The van der Waals surface area contributed by atoms with E-state index in [0.717, 1.165) is 6.07 Å². The number of carbonyl (C=O) groups is 1. The monoisotopic (exact) mass is 270 g/mol. The lowest BCUT2D eigenvalue weighted by molar-refractivity contribution is -0.146. The minimum Gasteiger partial charge on any atom is -0.505 e. The molecule has 0 radical (unpaired) electrons. The summed E-state index contributed by atoms with van der Waals surface area (Å²) >= 11 is 0. The van der Waals surface area contributed by atoms with E-state index in [2.05, 4.69) is 0 Å². The van der Waals surface area contributed by atoms with Crippen LogP contribution in [0.4, 0.5) is 4.39 Å². The lowest BCUT2D eigenvalue weighted by Gasteiger charge is -2.25. The fourth-order valence-corrected chi connectivity index (χ4v) is 1.89. The second-order valence-corrected chi connectivity index (χ2v) is 5.08. The molecule has 0 aliphatic carbocycles. The molecular weight excluding hydrogens is 255 g/mol. The molecule has 19 heavy (non-hydrogen) atoms. The Morgan fingerprint density at radius 3 is 2.68 bits per heavy atom. The summed E-state index contributed by atoms with van der Waals surface area (Å²) in [5, 5.41) is 18.6. The van der Waals surface area contributed by atoms with Gasteiger partial charge in [0.15, 0.2) is 23.1 Å². The number of fused-ring (bicyclic) bond motifs is 1. The van der Waals surface area contributed by atoms with Crippen LogP contribution >= 0.6 is 0 Å². The summed E-state index contributed by atoms with van der Waals surface area (Å²) in [7, 11) is 0. The summed E-state index contributed by atoms with van der Waals surface area (Å²) in [6.07, 6.45) is -0.103. The fourth-order valence-electron chi connectivity index (χ4n) is 1.89. The van der Waals surface area contributed by atoms with Gasteiger partial charge in [0.25, 0.3) is 0 Å². The molecule has 2 N–H and O–H groups in total. The van der Waals surface area contributed by atoms with Gasteiger partial charge in [-0.05, 0) is 20.3 Å². The number of ether oxygens (including phenoxy) is 2. The van der Waals surface area contributed by atoms with E-state index < -0.39 is 23.0 Å². The summed E-state index contributed by atoms with van der Waals surface area (Å²) < 4.78 is 24.6. The molecule has 1 heterocycles. The second-order valence-electron chi connectivity index (χ2n) is 5.08. The maximum absolute atomic E-state index is 14.0. The molecule has 0 unspecified atom stereocenters. The molecule has 0 amide bonds. The molecular formula is C13H15FO5. The highest BCUT2D eigenvalue weighted by atomic mass is 19.1. The first-order chi connectivity index (χ1) is 8.83. The number of hydrogen-bond acceptors (Lipinski definition) is 4. The zero-order valence-electron chi connectivity index (χ0n) is 10.7. The highest BCUT2D eigenvalue weighted by Gasteiger charge is 2.33. The van der Waals surface area contributed by atoms with Gasteiger partial charge in [0.2, 0.25) is 0 Å². The van der Waals surface area contributed by atoms with Crippen LogP contribution in [-0.2, 0) is 11.2 Å². The molecule has 1 aliphatic rings. The van der Waals surface area contributed by atoms with E-state index in [0.29, 0.717) is 6.61 Å². The lowest BCUT2D eigenvalue weighted by Crippen LogP contribution is -2.27. The molecule has 2 rings (SSSR count). The largest absolute Gasteiger partial charge is 0.505 e. The number of phenols is 1. The van der Waals surface area contributed by atoms with Crippen LogP contribution in [0.2, 0.25) is 0 Å². The number of halogens is 1. The van der Waals surface area contributed by atoms with Gasteiger partial charge in [0, 0.05) is 11.6 Å². The molecule has 5 nitrogen and oxygen atoms in total. The van der Waals surface area contributed by atoms with Crippen molar-refractivity contribution in [2.45, 2.75) is 20.3 Å². The van der Waals surface area contributed by atoms with Crippen molar-refractivity contribution in [1.29, 1.82) is 0 Å². The average Bonchev–Trinajstić information content (AvgIpc) is 2.34. The Balaban J connectivity index is 2.49. The Kier molecular flexibility index (Phi) is 3.26. The first kappa shape index (κ1) is 13.5. The van der Waals surface area contributed by atoms with Gasteiger partial charge < -0.3 is 19.7 Å². The zero-order valence-corrected chi connectivity index (χ0v) is 10.7. The molecule has 1 aromatic rings. The van der Waals surface area contributed by atoms with Gasteiger partial charge in [-0.1, -0.05) is 0 Å². The predicted molar refractivity (Wildman–Crippen MR) is 64.2 cm³/mol. The van der Waals surface area contributed by atoms with Crippen molar-refractivity contribution in [3.05, 3.63) is 17.4 Å². The molecule has 6 heteroatoms. The van der Waals surface area contributed by atoms with Gasteiger partial charge in [-0.15, -0.1) is 0 Å². The predicted octanol–water partition coefficient (Wildman–Crippen LogP) is 1.96. The van der Waals surface area contributed by atoms with E-state index in [1.54, 1.807) is 0 Å². The SMILES string of the molecule is CC(C)(Cc1c(F)c(O)cc2c1OCCO2)C(=O)O. The summed E-state index contributed by atoms with van der Waals surface area (Å²) in [5.74, 6) is -2.07. The summed E-state index contributed by atoms with van der Waals surface area (Å²) in [5.41, 5.74) is -1.15. The Morgan fingerprint density at radius 1 is 1.42 bits per heavy atom. The summed E-state index contributed by atoms with van der Waals surface area (Å²) in [4.78, 5) is 11.1. The van der Waals surface area contributed by atoms with E-state index in [4.69, 9.17) is 14.6 Å². The van der Waals surface area contributed by atoms with Crippen LogP contribution in [0.3, 0.4) is 0 Å². The van der Waals surface area contributed by atoms with Gasteiger partial charge in [-0.25, -0.2) is 4.39 Å². The molecule has 1 aliphatic heterocycles. The van der Waals surface area contributed by atoms with E-state index in [9.17, 15) is 14.3 Å². The minimum atomic E-state index is -1.18. The summed E-state index contributed by atoms with van der Waals surface area (Å²) in [6, 6.07) is 1.14. The first-order valence-corrected chi connectivity index (χ1v) is 5.86. The van der Waals surface area contributed by atoms with E-state index in [1.807, 2.05) is 0 Å². The smallest absolute Gasteiger partial charge is 0.309 e. The minimum absolute atomic E-state index is 0.0297. The second kappa shape index (κ2) is 4.60. The van der Waals surface area contributed by atoms with Crippen LogP contribution < -0.4 is 9.47 Å². The normalized spacial score (nSPS) is 14.3. The third kappa shape index (κ3) is 2.43. The standard InChI is InChI=1S/C13H15FO5/c1-13(2,12(16)17)6-7-10(14)8(15)5-9-11(7)19-4-3-18-9/h5,15H,3-4,6H2,1-2H3,(H,16,17). The number of aliphatic carboxylic acids is 1. The lowest BCUT2D eigenvalue weighted by atomic mass is 9.85. The van der Waals surface area contributed by atoms with Crippen molar-refractivity contribution in [3.63, 3.8) is 0 Å². The van der Waals surface area contributed by atoms with Crippen LogP contribution in [0.25, 0.3) is 0 Å². The Hall–Kier alpha value is -1.98. The van der Waals surface area contributed by atoms with Crippen molar-refractivity contribution in [2.75, 3.05) is 13.2 Å². The Labute approximate surface area is 109 Å². The Morgan fingerprint density at radius 2 is 2.05 bits per heavy atom. The maximum atomic E-state index is 14.0. The van der Waals surface area contributed by atoms with Crippen LogP contribution in [0.15, 0.2) is 6.07 Å². The number of carboxylic acid groups (broad SMARTS) is 1. The molecule has 0 saturated carbocycles. The maximum Gasteiger partial charge on any atom is 0.309 e. The van der Waals surface area contributed by atoms with Gasteiger partial charge in [0.05, 0.1) is 5.41 Å². The molecule has 0 spiro atoms. The zero-order chi connectivity index (χ0) is 14.2. The number of rotatable bonds is 3. The summed E-state index contributed by atoms with van der Waals surface area (Å²) in [6.45, 7) is 3.53. The number of aromatic hydroxyl groups is 1. The van der Waals surface area contributed by atoms with Crippen molar-refractivity contribution in [2.24, 2.45) is 5.41 Å². The third-order valence-corrected chi connectivity index (χ3v) is 3.04. The first-order valence-electron chi connectivity index (χ1n) is 5.86. The molecule has 0 bridgehead atoms. The van der Waals surface area contributed by atoms with Gasteiger partial charge in [-0.2, -0.15) is 0 Å². The van der Waals surface area contributed by atoms with Crippen LogP contribution in [0, 0.1) is 11.2 Å². The topological polar surface area (TPSA) is 76.0 Å². The van der Waals surface area contributed by atoms with Crippen LogP contribution in [0.1, 0.15) is 19.4 Å². The molecule has 1 aromatic carbocycles. The number of hydrogen-bond donors (Lipinski definition) is 2. The van der Waals surface area contributed by atoms with E-state index in [1.165, 1.54) is 13.8 Å². The van der Waals surface area contributed by atoms with Gasteiger partial charge in [0.1, 0.15) is 13.2 Å². The molecule has 104 valence electrons. The van der Waals surface area contributed by atoms with Crippen LogP contribution in [0.5, 0.6) is 17.2 Å². The van der Waals surface area contributed by atoms with Crippen molar-refractivity contribution >= 4 is 5.97 Å². The van der Waals surface area contributed by atoms with Gasteiger partial charge >= 0.3 is 5.97 Å². The molecule has 0 aromatic heterocycles. The molecule has 0 fully saturated rings. The van der Waals surface area contributed by atoms with E-state index >= 15 is 0 Å². The average molecular weight is 270 g/mol. The quantitative estimate of drug-likeness (QED) is 0.878. The molecule has 0 atom stereocenters. The number of carboxylic acids is 1. The highest BCUT2D eigenvalue weighted by Crippen LogP contribution is 2.42. The van der Waals surface area contributed by atoms with E-state index in [-0.39, 0.29) is 30.1 Å². The third-order valence-electron chi connectivity index (χ3n) is 3.04.